The second-order valence-electron chi connectivity index (χ2n) is 6.82. The van der Waals surface area contributed by atoms with Gasteiger partial charge in [-0.2, -0.15) is 4.31 Å². The summed E-state index contributed by atoms with van der Waals surface area (Å²) in [5, 5.41) is 2.77. The normalized spacial score (nSPS) is 14.8. The van der Waals surface area contributed by atoms with E-state index in [1.807, 2.05) is 0 Å². The lowest BCUT2D eigenvalue weighted by molar-refractivity contribution is 0.102. The third kappa shape index (κ3) is 4.91. The molecule has 0 bridgehead atoms. The van der Waals surface area contributed by atoms with Gasteiger partial charge in [0, 0.05) is 24.3 Å². The van der Waals surface area contributed by atoms with Gasteiger partial charge in [0.2, 0.25) is 10.0 Å². The van der Waals surface area contributed by atoms with Gasteiger partial charge in [0.1, 0.15) is 5.75 Å². The molecular formula is C21H26N2O4S. The average molecular weight is 403 g/mol. The van der Waals surface area contributed by atoms with Crippen LogP contribution in [-0.2, 0) is 10.0 Å². The van der Waals surface area contributed by atoms with Gasteiger partial charge in [-0.15, -0.1) is 0 Å². The van der Waals surface area contributed by atoms with Crippen molar-refractivity contribution in [3.63, 3.8) is 0 Å². The summed E-state index contributed by atoms with van der Waals surface area (Å²) >= 11 is 0. The Balaban J connectivity index is 1.67. The van der Waals surface area contributed by atoms with E-state index in [4.69, 9.17) is 4.74 Å². The SMILES string of the molecule is CCCCOc1ccc(C(=O)Nc2cccc(S(=O)(=O)N3CCCC3)c2)cc1. The van der Waals surface area contributed by atoms with Gasteiger partial charge < -0.3 is 10.1 Å². The number of sulfonamides is 1. The molecule has 0 atom stereocenters. The molecule has 3 rings (SSSR count). The molecule has 1 fully saturated rings. The number of amides is 1. The molecule has 7 heteroatoms. The zero-order valence-corrected chi connectivity index (χ0v) is 16.9. The maximum Gasteiger partial charge on any atom is 0.255 e. The number of hydrogen-bond acceptors (Lipinski definition) is 4. The molecule has 2 aromatic carbocycles. The number of carbonyl (C=O) groups excluding carboxylic acids is 1. The van der Waals surface area contributed by atoms with Crippen LogP contribution in [0.2, 0.25) is 0 Å². The predicted octanol–water partition coefficient (Wildman–Crippen LogP) is 3.90. The molecule has 0 aromatic heterocycles. The van der Waals surface area contributed by atoms with E-state index in [2.05, 4.69) is 12.2 Å². The van der Waals surface area contributed by atoms with Crippen molar-refractivity contribution in [2.45, 2.75) is 37.5 Å². The molecule has 28 heavy (non-hydrogen) atoms. The first-order valence-corrected chi connectivity index (χ1v) is 11.1. The van der Waals surface area contributed by atoms with E-state index in [0.717, 1.165) is 31.4 Å². The minimum Gasteiger partial charge on any atom is -0.494 e. The van der Waals surface area contributed by atoms with Gasteiger partial charge in [-0.3, -0.25) is 4.79 Å². The highest BCUT2D eigenvalue weighted by Gasteiger charge is 2.27. The number of anilines is 1. The molecule has 1 amide bonds. The number of hydrogen-bond donors (Lipinski definition) is 1. The van der Waals surface area contributed by atoms with Crippen LogP contribution in [0.1, 0.15) is 43.0 Å². The van der Waals surface area contributed by atoms with E-state index in [9.17, 15) is 13.2 Å². The second kappa shape index (κ2) is 9.21. The lowest BCUT2D eigenvalue weighted by atomic mass is 10.2. The van der Waals surface area contributed by atoms with Crippen LogP contribution < -0.4 is 10.1 Å². The van der Waals surface area contributed by atoms with Crippen LogP contribution in [0.4, 0.5) is 5.69 Å². The molecule has 0 saturated carbocycles. The molecule has 0 radical (unpaired) electrons. The van der Waals surface area contributed by atoms with E-state index in [0.29, 0.717) is 30.9 Å². The minimum absolute atomic E-state index is 0.201. The molecule has 2 aromatic rings. The third-order valence-electron chi connectivity index (χ3n) is 4.68. The number of unbranched alkanes of at least 4 members (excludes halogenated alkanes) is 1. The average Bonchev–Trinajstić information content (AvgIpc) is 3.25. The Hall–Kier alpha value is -2.38. The lowest BCUT2D eigenvalue weighted by Gasteiger charge is -2.16. The maximum absolute atomic E-state index is 12.7. The highest BCUT2D eigenvalue weighted by molar-refractivity contribution is 7.89. The van der Waals surface area contributed by atoms with Gasteiger partial charge in [0.25, 0.3) is 5.91 Å². The Morgan fingerprint density at radius 3 is 2.50 bits per heavy atom. The fraction of sp³-hybridized carbons (Fsp3) is 0.381. The quantitative estimate of drug-likeness (QED) is 0.680. The highest BCUT2D eigenvalue weighted by Crippen LogP contribution is 2.23. The Bertz CT molecular complexity index is 904. The van der Waals surface area contributed by atoms with E-state index < -0.39 is 10.0 Å². The predicted molar refractivity (Wildman–Crippen MR) is 109 cm³/mol. The first-order chi connectivity index (χ1) is 13.5. The molecule has 0 unspecified atom stereocenters. The molecule has 6 nitrogen and oxygen atoms in total. The van der Waals surface area contributed by atoms with Gasteiger partial charge in [0.05, 0.1) is 11.5 Å². The molecule has 1 heterocycles. The Labute approximate surface area is 166 Å². The molecule has 1 N–H and O–H groups in total. The van der Waals surface area contributed by atoms with Gasteiger partial charge in [0.15, 0.2) is 0 Å². The van der Waals surface area contributed by atoms with Crippen molar-refractivity contribution in [3.05, 3.63) is 54.1 Å². The number of carbonyl (C=O) groups is 1. The van der Waals surface area contributed by atoms with Crippen LogP contribution in [0.25, 0.3) is 0 Å². The number of nitrogens with zero attached hydrogens (tertiary/aromatic N) is 1. The summed E-state index contributed by atoms with van der Waals surface area (Å²) < 4.78 is 32.5. The Morgan fingerprint density at radius 2 is 1.82 bits per heavy atom. The zero-order chi connectivity index (χ0) is 20.0. The first kappa shape index (κ1) is 20.4. The fourth-order valence-electron chi connectivity index (χ4n) is 3.05. The van der Waals surface area contributed by atoms with Crippen LogP contribution in [0, 0.1) is 0 Å². The summed E-state index contributed by atoms with van der Waals surface area (Å²) in [7, 11) is -3.51. The van der Waals surface area contributed by atoms with Crippen LogP contribution in [0.15, 0.2) is 53.4 Å². The molecule has 0 spiro atoms. The van der Waals surface area contributed by atoms with Crippen molar-refractivity contribution < 1.29 is 17.9 Å². The number of benzene rings is 2. The van der Waals surface area contributed by atoms with Crippen LogP contribution in [0.3, 0.4) is 0 Å². The minimum atomic E-state index is -3.51. The highest BCUT2D eigenvalue weighted by atomic mass is 32.2. The van der Waals surface area contributed by atoms with Crippen molar-refractivity contribution in [1.82, 2.24) is 4.31 Å². The van der Waals surface area contributed by atoms with Crippen molar-refractivity contribution in [3.8, 4) is 5.75 Å². The van der Waals surface area contributed by atoms with Gasteiger partial charge >= 0.3 is 0 Å². The number of nitrogens with one attached hydrogen (secondary N) is 1. The summed E-state index contributed by atoms with van der Waals surface area (Å²) in [5.74, 6) is 0.430. The van der Waals surface area contributed by atoms with Crippen molar-refractivity contribution in [2.75, 3.05) is 25.0 Å². The van der Waals surface area contributed by atoms with Crippen molar-refractivity contribution >= 4 is 21.6 Å². The third-order valence-corrected chi connectivity index (χ3v) is 6.57. The summed E-state index contributed by atoms with van der Waals surface area (Å²) in [4.78, 5) is 12.7. The molecule has 0 aliphatic carbocycles. The number of ether oxygens (including phenoxy) is 1. The fourth-order valence-corrected chi connectivity index (χ4v) is 4.62. The van der Waals surface area contributed by atoms with Crippen LogP contribution in [-0.4, -0.2) is 38.3 Å². The summed E-state index contributed by atoms with van der Waals surface area (Å²) in [6, 6.07) is 13.3. The summed E-state index contributed by atoms with van der Waals surface area (Å²) in [6.45, 7) is 3.85. The topological polar surface area (TPSA) is 75.7 Å². The monoisotopic (exact) mass is 402 g/mol. The largest absolute Gasteiger partial charge is 0.494 e. The van der Waals surface area contributed by atoms with E-state index in [1.54, 1.807) is 42.5 Å². The van der Waals surface area contributed by atoms with Crippen molar-refractivity contribution in [1.29, 1.82) is 0 Å². The summed E-state index contributed by atoms with van der Waals surface area (Å²) in [6.07, 6.45) is 3.81. The molecule has 1 saturated heterocycles. The van der Waals surface area contributed by atoms with Crippen LogP contribution in [0.5, 0.6) is 5.75 Å². The van der Waals surface area contributed by atoms with Crippen molar-refractivity contribution in [2.24, 2.45) is 0 Å². The molecule has 1 aliphatic rings. The molecular weight excluding hydrogens is 376 g/mol. The molecule has 150 valence electrons. The van der Waals surface area contributed by atoms with E-state index in [1.165, 1.54) is 10.4 Å². The molecule has 1 aliphatic heterocycles. The van der Waals surface area contributed by atoms with E-state index in [-0.39, 0.29) is 10.8 Å². The van der Waals surface area contributed by atoms with Crippen LogP contribution >= 0.6 is 0 Å². The van der Waals surface area contributed by atoms with Gasteiger partial charge in [-0.05, 0) is 61.7 Å². The number of rotatable bonds is 8. The second-order valence-corrected chi connectivity index (χ2v) is 8.76. The first-order valence-electron chi connectivity index (χ1n) is 9.65. The zero-order valence-electron chi connectivity index (χ0n) is 16.1. The lowest BCUT2D eigenvalue weighted by Crippen LogP contribution is -2.27. The van der Waals surface area contributed by atoms with Gasteiger partial charge in [-0.25, -0.2) is 8.42 Å². The van der Waals surface area contributed by atoms with Gasteiger partial charge in [-0.1, -0.05) is 19.4 Å². The maximum atomic E-state index is 12.7. The summed E-state index contributed by atoms with van der Waals surface area (Å²) in [5.41, 5.74) is 0.934. The Morgan fingerprint density at radius 1 is 1.11 bits per heavy atom. The van der Waals surface area contributed by atoms with E-state index >= 15 is 0 Å². The standard InChI is InChI=1S/C21H26N2O4S/c1-2-3-15-27-19-11-9-17(10-12-19)21(24)22-18-7-6-8-20(16-18)28(25,26)23-13-4-5-14-23/h6-12,16H,2-5,13-15H2,1H3,(H,22,24). The Kier molecular flexibility index (Phi) is 6.70. The smallest absolute Gasteiger partial charge is 0.255 e.